The number of rotatable bonds is 3. The lowest BCUT2D eigenvalue weighted by Crippen LogP contribution is -2.02. The van der Waals surface area contributed by atoms with Crippen molar-refractivity contribution in [3.05, 3.63) is 35.7 Å². The number of carbonyl (C=O) groups is 1. The zero-order valence-corrected chi connectivity index (χ0v) is 7.67. The van der Waals surface area contributed by atoms with E-state index in [9.17, 15) is 4.79 Å². The molecule has 0 radical (unpaired) electrons. The largest absolute Gasteiger partial charge is 0.359 e. The second-order valence-corrected chi connectivity index (χ2v) is 2.97. The van der Waals surface area contributed by atoms with Crippen molar-refractivity contribution in [2.45, 2.75) is 13.5 Å². The quantitative estimate of drug-likeness (QED) is 0.680. The van der Waals surface area contributed by atoms with Gasteiger partial charge in [-0.3, -0.25) is 4.79 Å². The molecule has 0 saturated heterocycles. The summed E-state index contributed by atoms with van der Waals surface area (Å²) in [6.07, 6.45) is 4.01. The first kappa shape index (κ1) is 8.68. The number of hydrogen-bond donors (Lipinski definition) is 0. The molecule has 2 heterocycles. The number of imidazole rings is 1. The molecule has 0 saturated carbocycles. The number of hydrogen-bond acceptors (Lipinski definition) is 4. The van der Waals surface area contributed by atoms with Crippen LogP contribution < -0.4 is 0 Å². The summed E-state index contributed by atoms with van der Waals surface area (Å²) >= 11 is 0. The molecule has 2 aromatic heterocycles. The predicted molar refractivity (Wildman–Crippen MR) is 48.0 cm³/mol. The van der Waals surface area contributed by atoms with Crippen molar-refractivity contribution in [2.24, 2.45) is 0 Å². The van der Waals surface area contributed by atoms with Gasteiger partial charge in [0.15, 0.2) is 17.9 Å². The number of aryl methyl sites for hydroxylation is 1. The molecular weight excluding hydrogens is 182 g/mol. The van der Waals surface area contributed by atoms with Gasteiger partial charge in [-0.2, -0.15) is 0 Å². The van der Waals surface area contributed by atoms with Crippen LogP contribution in [0.5, 0.6) is 0 Å². The van der Waals surface area contributed by atoms with Crippen LogP contribution in [0.1, 0.15) is 22.1 Å². The van der Waals surface area contributed by atoms with Crippen molar-refractivity contribution in [1.82, 2.24) is 14.7 Å². The molecule has 2 aromatic rings. The first-order valence-corrected chi connectivity index (χ1v) is 4.18. The third-order valence-corrected chi connectivity index (χ3v) is 1.86. The Morgan fingerprint density at radius 3 is 3.14 bits per heavy atom. The van der Waals surface area contributed by atoms with Gasteiger partial charge in [0.2, 0.25) is 0 Å². The topological polar surface area (TPSA) is 60.9 Å². The van der Waals surface area contributed by atoms with Crippen LogP contribution >= 0.6 is 0 Å². The first-order chi connectivity index (χ1) is 6.79. The Morgan fingerprint density at radius 2 is 2.50 bits per heavy atom. The van der Waals surface area contributed by atoms with E-state index in [1.165, 1.54) is 0 Å². The maximum absolute atomic E-state index is 10.6. The number of aldehydes is 1. The minimum absolute atomic E-state index is 0.388. The minimum atomic E-state index is 0.388. The minimum Gasteiger partial charge on any atom is -0.359 e. The van der Waals surface area contributed by atoms with Gasteiger partial charge in [-0.15, -0.1) is 0 Å². The summed E-state index contributed by atoms with van der Waals surface area (Å²) in [5.41, 5.74) is 0.827. The molecule has 5 nitrogen and oxygen atoms in total. The summed E-state index contributed by atoms with van der Waals surface area (Å²) in [7, 11) is 0. The molecule has 0 fully saturated rings. The van der Waals surface area contributed by atoms with E-state index in [1.807, 2.05) is 13.0 Å². The molecule has 2 rings (SSSR count). The fraction of sp³-hybridized carbons (Fsp3) is 0.222. The Bertz CT molecular complexity index is 444. The Labute approximate surface area is 80.3 Å². The molecule has 0 atom stereocenters. The van der Waals surface area contributed by atoms with Crippen LogP contribution in [0.4, 0.5) is 0 Å². The van der Waals surface area contributed by atoms with Crippen LogP contribution in [0.25, 0.3) is 0 Å². The zero-order valence-electron chi connectivity index (χ0n) is 7.67. The molecule has 0 N–H and O–H groups in total. The van der Waals surface area contributed by atoms with E-state index in [0.29, 0.717) is 24.4 Å². The molecule has 0 bridgehead atoms. The third-order valence-electron chi connectivity index (χ3n) is 1.86. The van der Waals surface area contributed by atoms with E-state index in [4.69, 9.17) is 4.52 Å². The second-order valence-electron chi connectivity index (χ2n) is 2.97. The average Bonchev–Trinajstić information content (AvgIpc) is 2.76. The highest BCUT2D eigenvalue weighted by molar-refractivity contribution is 5.69. The Balaban J connectivity index is 2.22. The number of aromatic nitrogens is 3. The third kappa shape index (κ3) is 1.56. The highest BCUT2D eigenvalue weighted by atomic mass is 16.5. The molecule has 0 aliphatic carbocycles. The lowest BCUT2D eigenvalue weighted by molar-refractivity contribution is 0.111. The van der Waals surface area contributed by atoms with Crippen molar-refractivity contribution in [1.29, 1.82) is 0 Å². The number of nitrogens with zero attached hydrogens (tertiary/aromatic N) is 3. The Hall–Kier alpha value is -1.91. The van der Waals surface area contributed by atoms with Gasteiger partial charge in [0.05, 0.1) is 12.2 Å². The maximum Gasteiger partial charge on any atom is 0.185 e. The summed E-state index contributed by atoms with van der Waals surface area (Å²) in [5.74, 6) is 1.10. The van der Waals surface area contributed by atoms with E-state index in [-0.39, 0.29) is 0 Å². The molecule has 0 aromatic carbocycles. The van der Waals surface area contributed by atoms with Gasteiger partial charge < -0.3 is 9.09 Å². The monoisotopic (exact) mass is 191 g/mol. The van der Waals surface area contributed by atoms with Gasteiger partial charge in [0.25, 0.3) is 0 Å². The smallest absolute Gasteiger partial charge is 0.185 e. The predicted octanol–water partition coefficient (Wildman–Crippen LogP) is 1.04. The molecule has 14 heavy (non-hydrogen) atoms. The Kier molecular flexibility index (Phi) is 2.14. The van der Waals surface area contributed by atoms with Gasteiger partial charge in [-0.05, 0) is 6.92 Å². The molecule has 0 aliphatic rings. The Morgan fingerprint density at radius 1 is 1.64 bits per heavy atom. The highest BCUT2D eigenvalue weighted by Crippen LogP contribution is 2.05. The van der Waals surface area contributed by atoms with Gasteiger partial charge in [0, 0.05) is 18.5 Å². The summed E-state index contributed by atoms with van der Waals surface area (Å²) in [6.45, 7) is 2.33. The van der Waals surface area contributed by atoms with E-state index in [2.05, 4.69) is 10.1 Å². The second kappa shape index (κ2) is 3.45. The van der Waals surface area contributed by atoms with Gasteiger partial charge in [0.1, 0.15) is 0 Å². The van der Waals surface area contributed by atoms with Crippen molar-refractivity contribution in [3.8, 4) is 0 Å². The van der Waals surface area contributed by atoms with Crippen LogP contribution in [-0.4, -0.2) is 21.0 Å². The van der Waals surface area contributed by atoms with E-state index in [0.717, 1.165) is 5.69 Å². The van der Waals surface area contributed by atoms with Crippen molar-refractivity contribution < 1.29 is 9.32 Å². The zero-order chi connectivity index (χ0) is 9.97. The molecule has 0 aliphatic heterocycles. The van der Waals surface area contributed by atoms with Crippen molar-refractivity contribution >= 4 is 6.29 Å². The summed E-state index contributed by atoms with van der Waals surface area (Å²) in [6, 6.07) is 1.83. The van der Waals surface area contributed by atoms with E-state index < -0.39 is 0 Å². The standard InChI is InChI=1S/C9H9N3O2/c1-7-4-8(14-11-7)5-12-3-2-10-9(12)6-13/h2-4,6H,5H2,1H3. The molecule has 0 spiro atoms. The maximum atomic E-state index is 10.6. The lowest BCUT2D eigenvalue weighted by atomic mass is 10.4. The highest BCUT2D eigenvalue weighted by Gasteiger charge is 2.05. The molecule has 0 unspecified atom stereocenters. The van der Waals surface area contributed by atoms with Gasteiger partial charge >= 0.3 is 0 Å². The van der Waals surface area contributed by atoms with Gasteiger partial charge in [-0.1, -0.05) is 5.16 Å². The van der Waals surface area contributed by atoms with Gasteiger partial charge in [-0.25, -0.2) is 4.98 Å². The SMILES string of the molecule is Cc1cc(Cn2ccnc2C=O)on1. The molecule has 0 amide bonds. The normalized spacial score (nSPS) is 10.4. The summed E-state index contributed by atoms with van der Waals surface area (Å²) in [5, 5.41) is 3.76. The average molecular weight is 191 g/mol. The van der Waals surface area contributed by atoms with Crippen molar-refractivity contribution in [3.63, 3.8) is 0 Å². The van der Waals surface area contributed by atoms with Crippen LogP contribution in [0, 0.1) is 6.92 Å². The number of carbonyl (C=O) groups excluding carboxylic acids is 1. The van der Waals surface area contributed by atoms with Crippen LogP contribution in [0.3, 0.4) is 0 Å². The van der Waals surface area contributed by atoms with Crippen LogP contribution in [-0.2, 0) is 6.54 Å². The fourth-order valence-electron chi connectivity index (χ4n) is 1.23. The molecule has 72 valence electrons. The van der Waals surface area contributed by atoms with Crippen LogP contribution in [0.15, 0.2) is 23.0 Å². The fourth-order valence-corrected chi connectivity index (χ4v) is 1.23. The molecule has 5 heteroatoms. The molecular formula is C9H9N3O2. The van der Waals surface area contributed by atoms with E-state index in [1.54, 1.807) is 17.0 Å². The van der Waals surface area contributed by atoms with Crippen molar-refractivity contribution in [2.75, 3.05) is 0 Å². The lowest BCUT2D eigenvalue weighted by Gasteiger charge is -1.98. The summed E-state index contributed by atoms with van der Waals surface area (Å²) < 4.78 is 6.72. The first-order valence-electron chi connectivity index (χ1n) is 4.18. The summed E-state index contributed by atoms with van der Waals surface area (Å²) in [4.78, 5) is 14.4. The van der Waals surface area contributed by atoms with E-state index >= 15 is 0 Å². The van der Waals surface area contributed by atoms with Crippen LogP contribution in [0.2, 0.25) is 0 Å².